The Morgan fingerprint density at radius 3 is 1.71 bits per heavy atom. The van der Waals surface area contributed by atoms with Gasteiger partial charge < -0.3 is 5.11 Å². The molecule has 0 aliphatic carbocycles. The Balaban J connectivity index is 2.24. The fourth-order valence-corrected chi connectivity index (χ4v) is 2.52. The molecule has 82 valence electrons. The van der Waals surface area contributed by atoms with E-state index in [4.69, 9.17) is 5.11 Å². The summed E-state index contributed by atoms with van der Waals surface area (Å²) in [7, 11) is 0. The Morgan fingerprint density at radius 1 is 1.00 bits per heavy atom. The van der Waals surface area contributed by atoms with Crippen molar-refractivity contribution in [3.05, 3.63) is 0 Å². The van der Waals surface area contributed by atoms with Crippen molar-refractivity contribution in [2.75, 3.05) is 19.7 Å². The maximum absolute atomic E-state index is 13.0. The van der Waals surface area contributed by atoms with Crippen LogP contribution in [0.1, 0.15) is 12.8 Å². The van der Waals surface area contributed by atoms with E-state index in [1.807, 2.05) is 0 Å². The minimum atomic E-state index is -2.95. The molecule has 1 N–H and O–H groups in total. The highest BCUT2D eigenvalue weighted by Gasteiger charge is 2.63. The van der Waals surface area contributed by atoms with Gasteiger partial charge in [0.1, 0.15) is 0 Å². The lowest BCUT2D eigenvalue weighted by Gasteiger charge is -2.27. The van der Waals surface area contributed by atoms with Crippen molar-refractivity contribution in [2.45, 2.75) is 30.2 Å². The predicted octanol–water partition coefficient (Wildman–Crippen LogP) is 1.10. The van der Waals surface area contributed by atoms with Gasteiger partial charge in [-0.05, 0) is 0 Å². The van der Waals surface area contributed by atoms with E-state index < -0.39 is 49.9 Å². The molecular formula is C8H11F4NO. The molecule has 2 heterocycles. The summed E-state index contributed by atoms with van der Waals surface area (Å²) < 4.78 is 51.8. The maximum Gasteiger partial charge on any atom is 0.262 e. The highest BCUT2D eigenvalue weighted by molar-refractivity contribution is 5.10. The molecule has 2 nitrogen and oxygen atoms in total. The third-order valence-electron chi connectivity index (χ3n) is 2.98. The Kier molecular flexibility index (Phi) is 1.89. The molecule has 6 heteroatoms. The second kappa shape index (κ2) is 2.61. The highest BCUT2D eigenvalue weighted by Crippen LogP contribution is 2.50. The average Bonchev–Trinajstić information content (AvgIpc) is 2.32. The molecule has 0 aromatic heterocycles. The summed E-state index contributed by atoms with van der Waals surface area (Å²) in [5, 5.41) is 8.98. The Morgan fingerprint density at radius 2 is 1.43 bits per heavy atom. The van der Waals surface area contributed by atoms with Crippen LogP contribution in [-0.2, 0) is 0 Å². The number of halogens is 4. The smallest absolute Gasteiger partial charge is 0.262 e. The molecule has 0 amide bonds. The molecule has 2 fully saturated rings. The lowest BCUT2D eigenvalue weighted by Crippen LogP contribution is -2.41. The van der Waals surface area contributed by atoms with Gasteiger partial charge in [-0.25, -0.2) is 17.6 Å². The van der Waals surface area contributed by atoms with E-state index in [1.165, 1.54) is 0 Å². The minimum Gasteiger partial charge on any atom is -0.394 e. The third kappa shape index (κ3) is 1.40. The van der Waals surface area contributed by atoms with Crippen molar-refractivity contribution < 1.29 is 22.7 Å². The molecule has 2 rings (SSSR count). The summed E-state index contributed by atoms with van der Waals surface area (Å²) in [6.45, 7) is -1.95. The monoisotopic (exact) mass is 213 g/mol. The van der Waals surface area contributed by atoms with Gasteiger partial charge >= 0.3 is 0 Å². The second-order valence-corrected chi connectivity index (χ2v) is 4.30. The summed E-state index contributed by atoms with van der Waals surface area (Å²) >= 11 is 0. The second-order valence-electron chi connectivity index (χ2n) is 4.30. The van der Waals surface area contributed by atoms with E-state index in [9.17, 15) is 17.6 Å². The van der Waals surface area contributed by atoms with Crippen molar-refractivity contribution >= 4 is 0 Å². The van der Waals surface area contributed by atoms with Crippen molar-refractivity contribution in [3.8, 4) is 0 Å². The third-order valence-corrected chi connectivity index (χ3v) is 2.98. The molecule has 0 radical (unpaired) electrons. The zero-order valence-electron chi connectivity index (χ0n) is 7.44. The van der Waals surface area contributed by atoms with Crippen molar-refractivity contribution in [3.63, 3.8) is 0 Å². The number of hydrogen-bond acceptors (Lipinski definition) is 2. The largest absolute Gasteiger partial charge is 0.394 e. The molecular weight excluding hydrogens is 202 g/mol. The Hall–Kier alpha value is -0.360. The molecule has 0 saturated carbocycles. The lowest BCUT2D eigenvalue weighted by atomic mass is 9.93. The van der Waals surface area contributed by atoms with Crippen LogP contribution >= 0.6 is 0 Å². The molecule has 2 aliphatic rings. The van der Waals surface area contributed by atoms with Gasteiger partial charge in [-0.15, -0.1) is 0 Å². The first-order chi connectivity index (χ1) is 6.29. The van der Waals surface area contributed by atoms with E-state index in [-0.39, 0.29) is 0 Å². The number of fused-ring (bicyclic) bond motifs is 1. The minimum absolute atomic E-state index is 0.627. The number of aliphatic hydroxyl groups is 1. The molecule has 0 atom stereocenters. The van der Waals surface area contributed by atoms with Crippen LogP contribution in [0.25, 0.3) is 0 Å². The van der Waals surface area contributed by atoms with Crippen LogP contribution in [0.15, 0.2) is 0 Å². The van der Waals surface area contributed by atoms with Crippen molar-refractivity contribution in [1.29, 1.82) is 0 Å². The molecule has 14 heavy (non-hydrogen) atoms. The number of aliphatic hydroxyl groups excluding tert-OH is 1. The first kappa shape index (κ1) is 10.2. The van der Waals surface area contributed by atoms with Crippen molar-refractivity contribution in [1.82, 2.24) is 4.90 Å². The number of rotatable bonds is 1. The van der Waals surface area contributed by atoms with Gasteiger partial charge in [-0.3, -0.25) is 4.90 Å². The highest BCUT2D eigenvalue weighted by atomic mass is 19.3. The molecule has 0 spiro atoms. The Bertz CT molecular complexity index is 236. The van der Waals surface area contributed by atoms with Gasteiger partial charge in [0.25, 0.3) is 11.8 Å². The van der Waals surface area contributed by atoms with Crippen LogP contribution in [-0.4, -0.2) is 47.1 Å². The zero-order chi connectivity index (χ0) is 10.6. The van der Waals surface area contributed by atoms with Gasteiger partial charge in [0, 0.05) is 12.8 Å². The summed E-state index contributed by atoms with van der Waals surface area (Å²) in [6, 6.07) is 0. The van der Waals surface area contributed by atoms with Gasteiger partial charge in [0.05, 0.1) is 25.2 Å². The van der Waals surface area contributed by atoms with Crippen LogP contribution in [0.5, 0.6) is 0 Å². The molecule has 2 saturated heterocycles. The first-order valence-electron chi connectivity index (χ1n) is 4.40. The van der Waals surface area contributed by atoms with E-state index in [1.54, 1.807) is 0 Å². The van der Waals surface area contributed by atoms with Crippen LogP contribution in [0, 0.1) is 0 Å². The van der Waals surface area contributed by atoms with Crippen LogP contribution < -0.4 is 0 Å². The van der Waals surface area contributed by atoms with Gasteiger partial charge in [-0.1, -0.05) is 0 Å². The number of hydrogen-bond donors (Lipinski definition) is 1. The standard InChI is InChI=1S/C8H11F4NO/c9-7(10)1-6(5-14)2-8(11,12)4-13(6)3-7/h14H,1-5H2. The fourth-order valence-electron chi connectivity index (χ4n) is 2.52. The molecule has 2 aliphatic heterocycles. The number of alkyl halides is 4. The van der Waals surface area contributed by atoms with E-state index in [2.05, 4.69) is 0 Å². The van der Waals surface area contributed by atoms with E-state index in [0.29, 0.717) is 0 Å². The van der Waals surface area contributed by atoms with Crippen LogP contribution in [0.3, 0.4) is 0 Å². The quantitative estimate of drug-likeness (QED) is 0.659. The summed E-state index contributed by atoms with van der Waals surface area (Å²) in [6.07, 6.45) is -1.32. The van der Waals surface area contributed by atoms with Gasteiger partial charge in [0.15, 0.2) is 0 Å². The van der Waals surface area contributed by atoms with Crippen LogP contribution in [0.2, 0.25) is 0 Å². The van der Waals surface area contributed by atoms with Gasteiger partial charge in [-0.2, -0.15) is 0 Å². The van der Waals surface area contributed by atoms with Crippen LogP contribution in [0.4, 0.5) is 17.6 Å². The molecule has 0 aromatic rings. The zero-order valence-corrected chi connectivity index (χ0v) is 7.44. The predicted molar refractivity (Wildman–Crippen MR) is 40.5 cm³/mol. The lowest BCUT2D eigenvalue weighted by molar-refractivity contribution is -0.0289. The molecule has 0 unspecified atom stereocenters. The SMILES string of the molecule is OCC12CC(F)(F)CN1CC(F)(F)C2. The van der Waals surface area contributed by atoms with Crippen molar-refractivity contribution in [2.24, 2.45) is 0 Å². The summed E-state index contributed by atoms with van der Waals surface area (Å²) in [5.41, 5.74) is -1.40. The molecule has 0 aromatic carbocycles. The normalized spacial score (nSPS) is 33.2. The topological polar surface area (TPSA) is 23.5 Å². The first-order valence-corrected chi connectivity index (χ1v) is 4.40. The molecule has 0 bridgehead atoms. The Labute approximate surface area is 78.5 Å². The van der Waals surface area contributed by atoms with E-state index >= 15 is 0 Å². The maximum atomic E-state index is 13.0. The average molecular weight is 213 g/mol. The number of nitrogens with zero attached hydrogens (tertiary/aromatic N) is 1. The van der Waals surface area contributed by atoms with E-state index in [0.717, 1.165) is 4.90 Å². The fraction of sp³-hybridized carbons (Fsp3) is 1.00. The summed E-state index contributed by atoms with van der Waals surface area (Å²) in [5.74, 6) is -5.89. The van der Waals surface area contributed by atoms with Gasteiger partial charge in [0.2, 0.25) is 0 Å². The summed E-state index contributed by atoms with van der Waals surface area (Å²) in [4.78, 5) is 1.02.